The number of hydrogen-bond donors (Lipinski definition) is 2. The van der Waals surface area contributed by atoms with Crippen LogP contribution in [0.3, 0.4) is 0 Å². The molecule has 1 rings (SSSR count). The van der Waals surface area contributed by atoms with Gasteiger partial charge in [0.1, 0.15) is 18.8 Å². The second-order valence-corrected chi connectivity index (χ2v) is 4.43. The van der Waals surface area contributed by atoms with Crippen molar-refractivity contribution in [1.82, 2.24) is 0 Å². The van der Waals surface area contributed by atoms with Gasteiger partial charge in [-0.25, -0.2) is 0 Å². The predicted octanol–water partition coefficient (Wildman–Crippen LogP) is -0.01000. The highest BCUT2D eigenvalue weighted by atomic mass is 16.6. The quantitative estimate of drug-likeness (QED) is 0.681. The maximum absolute atomic E-state index is 11.7. The van der Waals surface area contributed by atoms with Crippen LogP contribution in [0.1, 0.15) is 12.5 Å². The number of nitrogens with two attached hydrogens (primary N) is 2. The summed E-state index contributed by atoms with van der Waals surface area (Å²) in [5.74, 6) is -1.06. The Balaban J connectivity index is 2.33. The number of hydrogen-bond acceptors (Lipinski definition) is 6. The molecule has 0 heterocycles. The van der Waals surface area contributed by atoms with Crippen LogP contribution in [0.5, 0.6) is 0 Å². The van der Waals surface area contributed by atoms with Gasteiger partial charge < -0.3 is 20.9 Å². The minimum absolute atomic E-state index is 0.0347. The van der Waals surface area contributed by atoms with Crippen molar-refractivity contribution in [3.05, 3.63) is 35.9 Å². The molecule has 0 radical (unpaired) electrons. The molecular weight excluding hydrogens is 260 g/mol. The van der Waals surface area contributed by atoms with Gasteiger partial charge in [-0.05, 0) is 18.9 Å². The van der Waals surface area contributed by atoms with Gasteiger partial charge >= 0.3 is 11.9 Å². The van der Waals surface area contributed by atoms with Crippen LogP contribution in [0.25, 0.3) is 0 Å². The monoisotopic (exact) mass is 280 g/mol. The number of carbonyl (C=O) groups excluding carboxylic acids is 2. The zero-order chi connectivity index (χ0) is 15.0. The van der Waals surface area contributed by atoms with E-state index in [1.54, 1.807) is 6.92 Å². The fourth-order valence-corrected chi connectivity index (χ4v) is 1.56. The Labute approximate surface area is 118 Å². The Kier molecular flexibility index (Phi) is 6.69. The first kappa shape index (κ1) is 16.1. The molecule has 1 aromatic rings. The first-order valence-electron chi connectivity index (χ1n) is 6.38. The molecule has 0 saturated carbocycles. The van der Waals surface area contributed by atoms with Crippen molar-refractivity contribution in [2.45, 2.75) is 25.5 Å². The smallest absolute Gasteiger partial charge is 0.323 e. The third kappa shape index (κ3) is 5.81. The summed E-state index contributed by atoms with van der Waals surface area (Å²) in [5, 5.41) is 0. The summed E-state index contributed by atoms with van der Waals surface area (Å²) in [7, 11) is 0. The topological polar surface area (TPSA) is 105 Å². The largest absolute Gasteiger partial charge is 0.461 e. The van der Waals surface area contributed by atoms with Crippen molar-refractivity contribution in [3.8, 4) is 0 Å². The highest BCUT2D eigenvalue weighted by molar-refractivity contribution is 5.76. The van der Waals surface area contributed by atoms with Gasteiger partial charge in [0.25, 0.3) is 0 Å². The van der Waals surface area contributed by atoms with Crippen LogP contribution in [0, 0.1) is 0 Å². The van der Waals surface area contributed by atoms with E-state index in [0.29, 0.717) is 6.42 Å². The molecule has 0 bridgehead atoms. The van der Waals surface area contributed by atoms with Crippen molar-refractivity contribution in [3.63, 3.8) is 0 Å². The molecule has 4 N–H and O–H groups in total. The summed E-state index contributed by atoms with van der Waals surface area (Å²) in [4.78, 5) is 22.6. The summed E-state index contributed by atoms with van der Waals surface area (Å²) in [6.07, 6.45) is -0.143. The van der Waals surface area contributed by atoms with Gasteiger partial charge in [0.15, 0.2) is 0 Å². The number of esters is 2. The van der Waals surface area contributed by atoms with Crippen LogP contribution < -0.4 is 11.5 Å². The molecule has 0 saturated heterocycles. The Bertz CT molecular complexity index is 436. The summed E-state index contributed by atoms with van der Waals surface area (Å²) in [6.45, 7) is 1.38. The van der Waals surface area contributed by atoms with Gasteiger partial charge in [-0.2, -0.15) is 0 Å². The second-order valence-electron chi connectivity index (χ2n) is 4.43. The molecule has 6 nitrogen and oxygen atoms in total. The van der Waals surface area contributed by atoms with Crippen molar-refractivity contribution < 1.29 is 19.1 Å². The Morgan fingerprint density at radius 1 is 1.25 bits per heavy atom. The van der Waals surface area contributed by atoms with Crippen molar-refractivity contribution >= 4 is 11.9 Å². The van der Waals surface area contributed by atoms with Gasteiger partial charge in [0.05, 0.1) is 6.54 Å². The molecule has 20 heavy (non-hydrogen) atoms. The summed E-state index contributed by atoms with van der Waals surface area (Å²) < 4.78 is 9.87. The summed E-state index contributed by atoms with van der Waals surface area (Å²) >= 11 is 0. The standard InChI is InChI=1S/C14H20N2O4/c1-10(20-13(17)8-15)9-19-14(18)12(16)7-11-5-3-2-4-6-11/h2-6,10,12H,7-9,15-16H2,1H3/t10?,12-/m0/s1. The van der Waals surface area contributed by atoms with E-state index < -0.39 is 24.1 Å². The van der Waals surface area contributed by atoms with Crippen molar-refractivity contribution in [2.75, 3.05) is 13.2 Å². The van der Waals surface area contributed by atoms with E-state index in [1.165, 1.54) is 0 Å². The molecule has 0 spiro atoms. The van der Waals surface area contributed by atoms with Crippen LogP contribution in [0.15, 0.2) is 30.3 Å². The Hall–Kier alpha value is -1.92. The molecule has 6 heteroatoms. The van der Waals surface area contributed by atoms with Gasteiger partial charge in [-0.3, -0.25) is 9.59 Å². The summed E-state index contributed by atoms with van der Waals surface area (Å²) in [5.41, 5.74) is 11.8. The zero-order valence-corrected chi connectivity index (χ0v) is 11.5. The van der Waals surface area contributed by atoms with Gasteiger partial charge in [-0.1, -0.05) is 30.3 Å². The van der Waals surface area contributed by atoms with Crippen molar-refractivity contribution in [1.29, 1.82) is 0 Å². The maximum atomic E-state index is 11.7. The molecule has 1 unspecified atom stereocenters. The Morgan fingerprint density at radius 2 is 1.90 bits per heavy atom. The fourth-order valence-electron chi connectivity index (χ4n) is 1.56. The number of ether oxygens (including phenoxy) is 2. The van der Waals surface area contributed by atoms with Crippen LogP contribution in [-0.4, -0.2) is 37.2 Å². The zero-order valence-electron chi connectivity index (χ0n) is 11.5. The number of rotatable bonds is 7. The molecule has 2 atom stereocenters. The van der Waals surface area contributed by atoms with Crippen LogP contribution in [0.2, 0.25) is 0 Å². The van der Waals surface area contributed by atoms with E-state index in [2.05, 4.69) is 0 Å². The first-order valence-corrected chi connectivity index (χ1v) is 6.38. The molecule has 0 aliphatic rings. The van der Waals surface area contributed by atoms with Crippen LogP contribution in [0.4, 0.5) is 0 Å². The van der Waals surface area contributed by atoms with E-state index >= 15 is 0 Å². The van der Waals surface area contributed by atoms with E-state index in [1.807, 2.05) is 30.3 Å². The molecule has 0 aromatic heterocycles. The third-order valence-corrected chi connectivity index (χ3v) is 2.56. The van der Waals surface area contributed by atoms with Gasteiger partial charge in [-0.15, -0.1) is 0 Å². The predicted molar refractivity (Wildman–Crippen MR) is 73.7 cm³/mol. The van der Waals surface area contributed by atoms with Crippen LogP contribution >= 0.6 is 0 Å². The number of carbonyl (C=O) groups is 2. The van der Waals surface area contributed by atoms with E-state index in [9.17, 15) is 9.59 Å². The highest BCUT2D eigenvalue weighted by Gasteiger charge is 2.17. The second kappa shape index (κ2) is 8.29. The van der Waals surface area contributed by atoms with E-state index in [0.717, 1.165) is 5.56 Å². The molecule has 0 fully saturated rings. The lowest BCUT2D eigenvalue weighted by molar-refractivity contribution is -0.157. The third-order valence-electron chi connectivity index (χ3n) is 2.56. The van der Waals surface area contributed by atoms with Gasteiger partial charge in [0, 0.05) is 0 Å². The lowest BCUT2D eigenvalue weighted by Gasteiger charge is -2.15. The van der Waals surface area contributed by atoms with E-state index in [4.69, 9.17) is 20.9 Å². The maximum Gasteiger partial charge on any atom is 0.323 e. The molecule has 0 aliphatic carbocycles. The molecule has 1 aromatic carbocycles. The summed E-state index contributed by atoms with van der Waals surface area (Å²) in [6, 6.07) is 8.68. The lowest BCUT2D eigenvalue weighted by atomic mass is 10.1. The Morgan fingerprint density at radius 3 is 2.50 bits per heavy atom. The lowest BCUT2D eigenvalue weighted by Crippen LogP contribution is -2.36. The van der Waals surface area contributed by atoms with Crippen LogP contribution in [-0.2, 0) is 25.5 Å². The minimum Gasteiger partial charge on any atom is -0.461 e. The minimum atomic E-state index is -0.741. The van der Waals surface area contributed by atoms with Crippen molar-refractivity contribution in [2.24, 2.45) is 11.5 Å². The average molecular weight is 280 g/mol. The highest BCUT2D eigenvalue weighted by Crippen LogP contribution is 2.03. The normalized spacial score (nSPS) is 13.3. The molecule has 0 aliphatic heterocycles. The number of benzene rings is 1. The average Bonchev–Trinajstić information content (AvgIpc) is 2.45. The first-order chi connectivity index (χ1) is 9.52. The fraction of sp³-hybridized carbons (Fsp3) is 0.429. The SMILES string of the molecule is CC(COC(=O)[C@@H](N)Cc1ccccc1)OC(=O)CN. The van der Waals surface area contributed by atoms with Gasteiger partial charge in [0.2, 0.25) is 0 Å². The molecular formula is C14H20N2O4. The van der Waals surface area contributed by atoms with E-state index in [-0.39, 0.29) is 13.2 Å². The molecule has 0 amide bonds. The molecule has 110 valence electrons.